The second kappa shape index (κ2) is 10.2. The molecule has 1 saturated heterocycles. The first kappa shape index (κ1) is 24.9. The fourth-order valence-corrected chi connectivity index (χ4v) is 6.22. The van der Waals surface area contributed by atoms with Gasteiger partial charge in [-0.25, -0.2) is 13.2 Å². The Morgan fingerprint density at radius 3 is 2.46 bits per heavy atom. The van der Waals surface area contributed by atoms with Crippen LogP contribution in [0.15, 0.2) is 62.6 Å². The lowest BCUT2D eigenvalue weighted by atomic mass is 10.1. The number of hydrogen-bond donors (Lipinski definition) is 1. The van der Waals surface area contributed by atoms with Gasteiger partial charge in [-0.15, -0.1) is 0 Å². The SMILES string of the molecule is CCN(CC)c1ccc2cc(C(=O)Nc3ccc(S(=O)(=O)N4CCCC[C@H]4C)cc3)c(=O)oc2c1. The molecule has 1 fully saturated rings. The van der Waals surface area contributed by atoms with Gasteiger partial charge in [0.1, 0.15) is 11.1 Å². The van der Waals surface area contributed by atoms with Crippen molar-refractivity contribution < 1.29 is 17.6 Å². The number of hydrogen-bond acceptors (Lipinski definition) is 6. The minimum Gasteiger partial charge on any atom is -0.422 e. The van der Waals surface area contributed by atoms with E-state index in [4.69, 9.17) is 4.42 Å². The Hall–Kier alpha value is -3.17. The number of nitrogens with zero attached hydrogens (tertiary/aromatic N) is 2. The molecule has 8 nitrogen and oxygen atoms in total. The number of rotatable bonds is 7. The Bertz CT molecular complexity index is 1380. The van der Waals surface area contributed by atoms with Crippen LogP contribution in [0.4, 0.5) is 11.4 Å². The van der Waals surface area contributed by atoms with Crippen LogP contribution < -0.4 is 15.8 Å². The molecule has 1 amide bonds. The molecule has 1 N–H and O–H groups in total. The van der Waals surface area contributed by atoms with Crippen LogP contribution in [0.3, 0.4) is 0 Å². The van der Waals surface area contributed by atoms with E-state index in [0.29, 0.717) is 23.2 Å². The Balaban J connectivity index is 1.53. The Labute approximate surface area is 205 Å². The molecule has 2 aromatic carbocycles. The number of fused-ring (bicyclic) bond motifs is 1. The topological polar surface area (TPSA) is 99.9 Å². The van der Waals surface area contributed by atoms with Crippen molar-refractivity contribution in [2.45, 2.75) is 51.0 Å². The summed E-state index contributed by atoms with van der Waals surface area (Å²) in [6, 6.07) is 13.0. The molecule has 1 atom stereocenters. The first-order valence-electron chi connectivity index (χ1n) is 12.0. The van der Waals surface area contributed by atoms with E-state index in [1.807, 2.05) is 32.9 Å². The molecule has 4 rings (SSSR count). The quantitative estimate of drug-likeness (QED) is 0.484. The molecule has 0 saturated carbocycles. The lowest BCUT2D eigenvalue weighted by Crippen LogP contribution is -2.41. The number of carbonyl (C=O) groups excluding carboxylic acids is 1. The fourth-order valence-electron chi connectivity index (χ4n) is 4.52. The standard InChI is InChI=1S/C26H31N3O5S/c1-4-28(5-2)21-12-9-19-16-23(26(31)34-24(19)17-21)25(30)27-20-10-13-22(14-11-20)35(32,33)29-15-7-6-8-18(29)3/h9-14,16-18H,4-8,15H2,1-3H3,(H,27,30)/t18-/m1/s1. The highest BCUT2D eigenvalue weighted by atomic mass is 32.2. The normalized spacial score (nSPS) is 16.8. The number of carbonyl (C=O) groups is 1. The highest BCUT2D eigenvalue weighted by Crippen LogP contribution is 2.26. The Kier molecular flexibility index (Phi) is 7.28. The minimum atomic E-state index is -3.60. The number of amides is 1. The average Bonchev–Trinajstić information content (AvgIpc) is 2.84. The molecule has 2 heterocycles. The number of benzene rings is 2. The third-order valence-corrected chi connectivity index (χ3v) is 8.58. The molecule has 1 aromatic heterocycles. The molecular weight excluding hydrogens is 466 g/mol. The maximum absolute atomic E-state index is 13.0. The third kappa shape index (κ3) is 5.11. The van der Waals surface area contributed by atoms with Gasteiger partial charge in [-0.2, -0.15) is 4.31 Å². The summed E-state index contributed by atoms with van der Waals surface area (Å²) in [4.78, 5) is 27.7. The van der Waals surface area contributed by atoms with Crippen LogP contribution in [0.5, 0.6) is 0 Å². The maximum Gasteiger partial charge on any atom is 0.349 e. The minimum absolute atomic E-state index is 0.0386. The molecular formula is C26H31N3O5S. The van der Waals surface area contributed by atoms with Crippen LogP contribution in [0.1, 0.15) is 50.4 Å². The van der Waals surface area contributed by atoms with Crippen molar-refractivity contribution in [3.63, 3.8) is 0 Å². The maximum atomic E-state index is 13.0. The largest absolute Gasteiger partial charge is 0.422 e. The highest BCUT2D eigenvalue weighted by Gasteiger charge is 2.30. The van der Waals surface area contributed by atoms with E-state index in [0.717, 1.165) is 38.0 Å². The van der Waals surface area contributed by atoms with Crippen molar-refractivity contribution in [2.24, 2.45) is 0 Å². The van der Waals surface area contributed by atoms with Crippen LogP contribution in [0.25, 0.3) is 11.0 Å². The van der Waals surface area contributed by atoms with E-state index >= 15 is 0 Å². The predicted molar refractivity (Wildman–Crippen MR) is 138 cm³/mol. The van der Waals surface area contributed by atoms with E-state index in [9.17, 15) is 18.0 Å². The average molecular weight is 498 g/mol. The molecule has 1 aliphatic rings. The van der Waals surface area contributed by atoms with Gasteiger partial charge in [0.2, 0.25) is 10.0 Å². The van der Waals surface area contributed by atoms with Gasteiger partial charge in [0.25, 0.3) is 5.91 Å². The summed E-state index contributed by atoms with van der Waals surface area (Å²) in [6.45, 7) is 8.18. The molecule has 0 spiro atoms. The Morgan fingerprint density at radius 2 is 1.80 bits per heavy atom. The van der Waals surface area contributed by atoms with Crippen LogP contribution in [0, 0.1) is 0 Å². The second-order valence-electron chi connectivity index (χ2n) is 8.78. The van der Waals surface area contributed by atoms with Crippen molar-refractivity contribution in [2.75, 3.05) is 29.9 Å². The van der Waals surface area contributed by atoms with E-state index in [1.165, 1.54) is 34.6 Å². The van der Waals surface area contributed by atoms with Crippen LogP contribution in [-0.2, 0) is 10.0 Å². The fraction of sp³-hybridized carbons (Fsp3) is 0.385. The molecule has 35 heavy (non-hydrogen) atoms. The van der Waals surface area contributed by atoms with Crippen molar-refractivity contribution in [3.8, 4) is 0 Å². The number of piperidine rings is 1. The second-order valence-corrected chi connectivity index (χ2v) is 10.7. The summed E-state index contributed by atoms with van der Waals surface area (Å²) >= 11 is 0. The summed E-state index contributed by atoms with van der Waals surface area (Å²) in [5, 5.41) is 3.30. The van der Waals surface area contributed by atoms with Gasteiger partial charge in [0.05, 0.1) is 4.90 Å². The van der Waals surface area contributed by atoms with Crippen molar-refractivity contribution >= 4 is 38.3 Å². The lowest BCUT2D eigenvalue weighted by Gasteiger charge is -2.32. The highest BCUT2D eigenvalue weighted by molar-refractivity contribution is 7.89. The summed E-state index contributed by atoms with van der Waals surface area (Å²) in [5.74, 6) is -0.617. The van der Waals surface area contributed by atoms with Crippen LogP contribution in [-0.4, -0.2) is 44.3 Å². The van der Waals surface area contributed by atoms with Crippen LogP contribution >= 0.6 is 0 Å². The Morgan fingerprint density at radius 1 is 1.09 bits per heavy atom. The summed E-state index contributed by atoms with van der Waals surface area (Å²) in [7, 11) is -3.60. The van der Waals surface area contributed by atoms with Gasteiger partial charge in [-0.1, -0.05) is 6.42 Å². The molecule has 186 valence electrons. The molecule has 9 heteroatoms. The van der Waals surface area contributed by atoms with Gasteiger partial charge < -0.3 is 14.6 Å². The van der Waals surface area contributed by atoms with E-state index in [1.54, 1.807) is 6.07 Å². The zero-order valence-electron chi connectivity index (χ0n) is 20.3. The van der Waals surface area contributed by atoms with Crippen molar-refractivity contribution in [1.82, 2.24) is 4.31 Å². The van der Waals surface area contributed by atoms with E-state index < -0.39 is 21.6 Å². The summed E-state index contributed by atoms with van der Waals surface area (Å²) in [6.07, 6.45) is 2.72. The lowest BCUT2D eigenvalue weighted by molar-refractivity contribution is 0.102. The van der Waals surface area contributed by atoms with Crippen LogP contribution in [0.2, 0.25) is 0 Å². The molecule has 0 unspecified atom stereocenters. The van der Waals surface area contributed by atoms with E-state index in [2.05, 4.69) is 10.2 Å². The smallest absolute Gasteiger partial charge is 0.349 e. The van der Waals surface area contributed by atoms with Crippen molar-refractivity contribution in [3.05, 3.63) is 64.5 Å². The zero-order valence-corrected chi connectivity index (χ0v) is 21.1. The van der Waals surface area contributed by atoms with Crippen molar-refractivity contribution in [1.29, 1.82) is 0 Å². The number of nitrogens with one attached hydrogen (secondary N) is 1. The number of sulfonamides is 1. The molecule has 0 radical (unpaired) electrons. The first-order chi connectivity index (χ1) is 16.7. The van der Waals surface area contributed by atoms with Gasteiger partial charge >= 0.3 is 5.63 Å². The molecule has 1 aliphatic heterocycles. The monoisotopic (exact) mass is 497 g/mol. The van der Waals surface area contributed by atoms with Gasteiger partial charge in [-0.05, 0) is 76.1 Å². The zero-order chi connectivity index (χ0) is 25.2. The van der Waals surface area contributed by atoms with Gasteiger partial charge in [0.15, 0.2) is 0 Å². The third-order valence-electron chi connectivity index (χ3n) is 6.55. The predicted octanol–water partition coefficient (Wildman–Crippen LogP) is 4.45. The van der Waals surface area contributed by atoms with Gasteiger partial charge in [0, 0.05) is 48.5 Å². The molecule has 0 aliphatic carbocycles. The molecule has 0 bridgehead atoms. The van der Waals surface area contributed by atoms with Gasteiger partial charge in [-0.3, -0.25) is 4.79 Å². The summed E-state index contributed by atoms with van der Waals surface area (Å²) in [5.41, 5.74) is 0.892. The molecule has 3 aromatic rings. The first-order valence-corrected chi connectivity index (χ1v) is 13.4. The van der Waals surface area contributed by atoms with E-state index in [-0.39, 0.29) is 16.5 Å². The summed E-state index contributed by atoms with van der Waals surface area (Å²) < 4.78 is 33.0. The number of anilines is 2.